The van der Waals surface area contributed by atoms with Gasteiger partial charge in [0.25, 0.3) is 5.91 Å². The molecule has 1 saturated carbocycles. The Morgan fingerprint density at radius 1 is 1.12 bits per heavy atom. The predicted molar refractivity (Wildman–Crippen MR) is 157 cm³/mol. The first-order valence-corrected chi connectivity index (χ1v) is 14.3. The Hall–Kier alpha value is -3.98. The van der Waals surface area contributed by atoms with Crippen LogP contribution < -0.4 is 10.6 Å². The van der Waals surface area contributed by atoms with Gasteiger partial charge in [0, 0.05) is 18.0 Å². The molecule has 2 N–H and O–H groups in total. The van der Waals surface area contributed by atoms with Gasteiger partial charge in [0.15, 0.2) is 0 Å². The lowest BCUT2D eigenvalue weighted by molar-refractivity contribution is -0.113. The zero-order valence-electron chi connectivity index (χ0n) is 22.1. The van der Waals surface area contributed by atoms with Crippen LogP contribution in [0.5, 0.6) is 0 Å². The van der Waals surface area contributed by atoms with Crippen molar-refractivity contribution >= 4 is 52.5 Å². The fraction of sp³-hybridized carbons (Fsp3) is 0.250. The van der Waals surface area contributed by atoms with Gasteiger partial charge in [0.05, 0.1) is 38.9 Å². The number of carbonyl (C=O) groups excluding carboxylic acids is 2. The summed E-state index contributed by atoms with van der Waals surface area (Å²) in [7, 11) is 0. The lowest BCUT2D eigenvalue weighted by atomic mass is 10.1. The van der Waals surface area contributed by atoms with Crippen LogP contribution in [0.2, 0.25) is 10.0 Å². The molecular weight excluding hydrogens is 583 g/mol. The molecule has 10 nitrogen and oxygen atoms in total. The van der Waals surface area contributed by atoms with Crippen LogP contribution in [0.1, 0.15) is 54.2 Å². The molecule has 2 amide bonds. The van der Waals surface area contributed by atoms with Gasteiger partial charge in [-0.05, 0) is 78.9 Å². The lowest BCUT2D eigenvalue weighted by Crippen LogP contribution is -2.42. The van der Waals surface area contributed by atoms with Gasteiger partial charge in [-0.15, -0.1) is 5.10 Å². The number of nitrogens with zero attached hydrogens (tertiary/aromatic N) is 6. The van der Waals surface area contributed by atoms with Crippen molar-refractivity contribution in [3.8, 4) is 17.5 Å². The van der Waals surface area contributed by atoms with Crippen molar-refractivity contribution in [3.05, 3.63) is 81.9 Å². The largest absolute Gasteiger partial charge is 0.335 e. The summed E-state index contributed by atoms with van der Waals surface area (Å²) in [6.07, 6.45) is 6.68. The molecule has 0 saturated heterocycles. The first-order chi connectivity index (χ1) is 19.7. The van der Waals surface area contributed by atoms with Crippen LogP contribution in [0.4, 0.5) is 5.69 Å². The number of amides is 2. The summed E-state index contributed by atoms with van der Waals surface area (Å²) in [6.45, 7) is 3.55. The number of hydrogen-bond acceptors (Lipinski definition) is 8. The number of anilines is 1. The molecule has 2 aromatic carbocycles. The molecule has 1 fully saturated rings. The van der Waals surface area contributed by atoms with Gasteiger partial charge in [-0.2, -0.15) is 4.68 Å². The van der Waals surface area contributed by atoms with Crippen LogP contribution in [0.15, 0.2) is 60.1 Å². The highest BCUT2D eigenvalue weighted by Crippen LogP contribution is 2.41. The second-order valence-corrected chi connectivity index (χ2v) is 11.6. The van der Waals surface area contributed by atoms with E-state index in [0.29, 0.717) is 38.1 Å². The van der Waals surface area contributed by atoms with Crippen LogP contribution in [0.25, 0.3) is 5.69 Å². The van der Waals surface area contributed by atoms with E-state index in [4.69, 9.17) is 23.2 Å². The highest BCUT2D eigenvalue weighted by atomic mass is 35.5. The molecule has 2 aromatic heterocycles. The zero-order chi connectivity index (χ0) is 29.0. The first-order valence-electron chi connectivity index (χ1n) is 12.6. The molecule has 4 aromatic rings. The Morgan fingerprint density at radius 3 is 2.66 bits per heavy atom. The fourth-order valence-corrected chi connectivity index (χ4v) is 5.00. The van der Waals surface area contributed by atoms with Crippen molar-refractivity contribution in [3.63, 3.8) is 0 Å². The van der Waals surface area contributed by atoms with E-state index in [2.05, 4.69) is 48.0 Å². The summed E-state index contributed by atoms with van der Waals surface area (Å²) in [5.41, 5.74) is 2.28. The third-order valence-electron chi connectivity index (χ3n) is 6.01. The number of benzene rings is 2. The van der Waals surface area contributed by atoms with Crippen molar-refractivity contribution < 1.29 is 9.59 Å². The van der Waals surface area contributed by atoms with Crippen molar-refractivity contribution in [2.24, 2.45) is 0 Å². The van der Waals surface area contributed by atoms with Gasteiger partial charge < -0.3 is 10.6 Å². The van der Waals surface area contributed by atoms with E-state index in [-0.39, 0.29) is 23.3 Å². The molecular formula is C28H24Cl2N8O2S. The second-order valence-electron chi connectivity index (χ2n) is 9.81. The van der Waals surface area contributed by atoms with Crippen molar-refractivity contribution in [1.82, 2.24) is 35.5 Å². The molecule has 0 spiro atoms. The Balaban J connectivity index is 1.18. The molecule has 0 aliphatic heterocycles. The standard InChI is InChI=1S/C28H24Cl2N8O2S/c1-28(2,34-26(40)23-15-31-11-12-32-23)10-9-17-3-7-22(20(29)13-17)33-25(39)16-41-27-35-36-37-38(27)24-8-6-19(14-21(24)30)18-4-5-18/h3,6-8,11-15,18H,4-5,16H2,1-2H3,(H,33,39)(H,34,40). The van der Waals surface area contributed by atoms with Crippen LogP contribution in [0.3, 0.4) is 0 Å². The van der Waals surface area contributed by atoms with Gasteiger partial charge in [-0.3, -0.25) is 14.6 Å². The highest BCUT2D eigenvalue weighted by Gasteiger charge is 2.25. The van der Waals surface area contributed by atoms with Gasteiger partial charge in [0.1, 0.15) is 5.69 Å². The molecule has 5 rings (SSSR count). The monoisotopic (exact) mass is 606 g/mol. The van der Waals surface area contributed by atoms with Gasteiger partial charge in [-0.1, -0.05) is 52.9 Å². The van der Waals surface area contributed by atoms with Gasteiger partial charge in [0.2, 0.25) is 11.1 Å². The maximum Gasteiger partial charge on any atom is 0.272 e. The number of hydrogen-bond donors (Lipinski definition) is 2. The van der Waals surface area contributed by atoms with E-state index < -0.39 is 5.54 Å². The molecule has 0 atom stereocenters. The first kappa shape index (κ1) is 28.5. The molecule has 0 radical (unpaired) electrons. The second kappa shape index (κ2) is 12.3. The molecule has 208 valence electrons. The summed E-state index contributed by atoms with van der Waals surface area (Å²) in [6, 6.07) is 10.9. The highest BCUT2D eigenvalue weighted by molar-refractivity contribution is 7.99. The molecule has 13 heteroatoms. The van der Waals surface area contributed by atoms with Crippen molar-refractivity contribution in [1.29, 1.82) is 0 Å². The summed E-state index contributed by atoms with van der Waals surface area (Å²) in [4.78, 5) is 33.0. The predicted octanol–water partition coefficient (Wildman–Crippen LogP) is 4.93. The molecule has 2 heterocycles. The fourth-order valence-electron chi connectivity index (χ4n) is 3.82. The number of tetrazole rings is 1. The average molecular weight is 608 g/mol. The number of nitrogens with one attached hydrogen (secondary N) is 2. The minimum absolute atomic E-state index is 0.0513. The lowest BCUT2D eigenvalue weighted by Gasteiger charge is -2.19. The van der Waals surface area contributed by atoms with Crippen molar-refractivity contribution in [2.45, 2.75) is 43.3 Å². The Morgan fingerprint density at radius 2 is 1.95 bits per heavy atom. The molecule has 0 bridgehead atoms. The van der Waals surface area contributed by atoms with E-state index in [0.717, 1.165) is 0 Å². The quantitative estimate of drug-likeness (QED) is 0.213. The zero-order valence-corrected chi connectivity index (χ0v) is 24.4. The maximum absolute atomic E-state index is 12.7. The summed E-state index contributed by atoms with van der Waals surface area (Å²) in [5.74, 6) is 6.00. The molecule has 1 aliphatic rings. The third-order valence-corrected chi connectivity index (χ3v) is 7.54. The number of aromatic nitrogens is 6. The Kier molecular flexibility index (Phi) is 8.54. The normalized spacial score (nSPS) is 12.8. The number of rotatable bonds is 8. The van der Waals surface area contributed by atoms with Crippen LogP contribution in [-0.2, 0) is 4.79 Å². The minimum atomic E-state index is -0.843. The van der Waals surface area contributed by atoms with E-state index in [9.17, 15) is 9.59 Å². The summed E-state index contributed by atoms with van der Waals surface area (Å²) < 4.78 is 1.52. The van der Waals surface area contributed by atoms with Gasteiger partial charge >= 0.3 is 0 Å². The van der Waals surface area contributed by atoms with E-state index >= 15 is 0 Å². The van der Waals surface area contributed by atoms with Gasteiger partial charge in [-0.25, -0.2) is 4.98 Å². The maximum atomic E-state index is 12.7. The summed E-state index contributed by atoms with van der Waals surface area (Å²) in [5, 5.41) is 18.8. The topological polar surface area (TPSA) is 128 Å². The summed E-state index contributed by atoms with van der Waals surface area (Å²) >= 11 is 14.1. The minimum Gasteiger partial charge on any atom is -0.335 e. The SMILES string of the molecule is CC(C)(C#Cc1ccc(NC(=O)CSc2nnnn2-c2ccc(C3CC3)cc2Cl)c(Cl)c1)NC(=O)c1cnccn1. The van der Waals surface area contributed by atoms with Crippen molar-refractivity contribution in [2.75, 3.05) is 11.1 Å². The van der Waals surface area contributed by atoms with Crippen LogP contribution in [0, 0.1) is 11.8 Å². The third kappa shape index (κ3) is 7.41. The molecule has 0 unspecified atom stereocenters. The number of carbonyl (C=O) groups is 2. The smallest absolute Gasteiger partial charge is 0.272 e. The van der Waals surface area contributed by atoms with E-state index in [1.807, 2.05) is 18.2 Å². The molecule has 1 aliphatic carbocycles. The average Bonchev–Trinajstić information content (AvgIpc) is 3.70. The van der Waals surface area contributed by atoms with E-state index in [1.54, 1.807) is 32.0 Å². The molecule has 41 heavy (non-hydrogen) atoms. The van der Waals surface area contributed by atoms with E-state index in [1.165, 1.54) is 53.4 Å². The van der Waals surface area contributed by atoms with Crippen LogP contribution >= 0.6 is 35.0 Å². The van der Waals surface area contributed by atoms with Crippen LogP contribution in [-0.4, -0.2) is 53.3 Å². The Labute approximate surface area is 250 Å². The number of halogens is 2. The Bertz CT molecular complexity index is 1660. The number of thioether (sulfide) groups is 1.